The third-order valence-electron chi connectivity index (χ3n) is 6.34. The summed E-state index contributed by atoms with van der Waals surface area (Å²) in [5.41, 5.74) is 5.65. The number of aryl methyl sites for hydroxylation is 1. The van der Waals surface area contributed by atoms with Crippen molar-refractivity contribution in [3.8, 4) is 28.1 Å². The second-order valence-electron chi connectivity index (χ2n) is 8.46. The lowest BCUT2D eigenvalue weighted by Crippen LogP contribution is -2.23. The van der Waals surface area contributed by atoms with Crippen LogP contribution in [0.15, 0.2) is 77.1 Å². The van der Waals surface area contributed by atoms with Gasteiger partial charge in [-0.1, -0.05) is 41.0 Å². The number of rotatable bonds is 5. The summed E-state index contributed by atoms with van der Waals surface area (Å²) < 4.78 is 3.35. The highest BCUT2D eigenvalue weighted by Crippen LogP contribution is 2.34. The molecule has 178 valence electrons. The summed E-state index contributed by atoms with van der Waals surface area (Å²) in [6.07, 6.45) is 6.14. The van der Waals surface area contributed by atoms with E-state index < -0.39 is 0 Å². The third-order valence-corrected chi connectivity index (χ3v) is 6.57. The van der Waals surface area contributed by atoms with Gasteiger partial charge >= 0.3 is 0 Å². The van der Waals surface area contributed by atoms with Crippen LogP contribution in [0.5, 0.6) is 0 Å². The van der Waals surface area contributed by atoms with Crippen LogP contribution in [0.4, 0.5) is 0 Å². The minimum atomic E-state index is -0.186. The molecule has 1 aliphatic rings. The highest BCUT2D eigenvalue weighted by molar-refractivity contribution is 6.31. The van der Waals surface area contributed by atoms with Crippen molar-refractivity contribution >= 4 is 17.8 Å². The first-order valence-corrected chi connectivity index (χ1v) is 11.6. The molecule has 0 aliphatic carbocycles. The van der Waals surface area contributed by atoms with Crippen molar-refractivity contribution in [2.24, 2.45) is 5.16 Å². The van der Waals surface area contributed by atoms with Gasteiger partial charge in [-0.25, -0.2) is 4.98 Å². The normalized spacial score (nSPS) is 15.0. The first kappa shape index (κ1) is 21.9. The number of nitrogens with one attached hydrogen (secondary N) is 1. The SMILES string of the molecule is O=c1cc(-c2cc(Cl)ccc2-n2cnnn2)cc2n1[C@H](c1ncc(-c3ccc(C=NO)cc3)[nH]1)CC2. The number of H-pyrrole nitrogens is 1. The predicted molar refractivity (Wildman–Crippen MR) is 134 cm³/mol. The van der Waals surface area contributed by atoms with Gasteiger partial charge in [0.1, 0.15) is 12.2 Å². The zero-order valence-electron chi connectivity index (χ0n) is 18.8. The summed E-state index contributed by atoms with van der Waals surface area (Å²) in [4.78, 5) is 21.3. The quantitative estimate of drug-likeness (QED) is 0.215. The number of aromatic amines is 1. The molecular weight excluding hydrogens is 480 g/mol. The lowest BCUT2D eigenvalue weighted by atomic mass is 10.0. The molecule has 0 bridgehead atoms. The van der Waals surface area contributed by atoms with Gasteiger partial charge in [-0.15, -0.1) is 5.10 Å². The van der Waals surface area contributed by atoms with Gasteiger partial charge in [0, 0.05) is 22.3 Å². The molecule has 10 nitrogen and oxygen atoms in total. The molecule has 1 aliphatic heterocycles. The van der Waals surface area contributed by atoms with E-state index in [0.29, 0.717) is 5.02 Å². The van der Waals surface area contributed by atoms with Crippen molar-refractivity contribution in [1.82, 2.24) is 34.7 Å². The van der Waals surface area contributed by atoms with Crippen molar-refractivity contribution in [3.05, 3.63) is 99.6 Å². The fraction of sp³-hybridized carbons (Fsp3) is 0.120. The van der Waals surface area contributed by atoms with Gasteiger partial charge in [-0.3, -0.25) is 4.79 Å². The third kappa shape index (κ3) is 3.87. The zero-order chi connectivity index (χ0) is 24.6. The number of halogens is 1. The Hall–Kier alpha value is -4.57. The van der Waals surface area contributed by atoms with E-state index >= 15 is 0 Å². The summed E-state index contributed by atoms with van der Waals surface area (Å²) in [5.74, 6) is 0.733. The van der Waals surface area contributed by atoms with Gasteiger partial charge in [0.15, 0.2) is 0 Å². The first-order valence-electron chi connectivity index (χ1n) is 11.2. The summed E-state index contributed by atoms with van der Waals surface area (Å²) >= 11 is 6.29. The Balaban J connectivity index is 1.35. The molecular formula is C25H19ClN8O2. The summed E-state index contributed by atoms with van der Waals surface area (Å²) in [6, 6.07) is 16.4. The molecule has 0 radical (unpaired) electrons. The first-order chi connectivity index (χ1) is 17.6. The molecule has 11 heteroatoms. The molecule has 0 saturated carbocycles. The van der Waals surface area contributed by atoms with E-state index in [4.69, 9.17) is 16.8 Å². The molecule has 0 amide bonds. The molecule has 5 aromatic rings. The maximum Gasteiger partial charge on any atom is 0.252 e. The molecule has 0 fully saturated rings. The monoisotopic (exact) mass is 498 g/mol. The van der Waals surface area contributed by atoms with Crippen LogP contribution in [0, 0.1) is 0 Å². The Morgan fingerprint density at radius 2 is 1.97 bits per heavy atom. The van der Waals surface area contributed by atoms with Crippen LogP contribution in [0.3, 0.4) is 0 Å². The van der Waals surface area contributed by atoms with Crippen molar-refractivity contribution in [1.29, 1.82) is 0 Å². The van der Waals surface area contributed by atoms with Gasteiger partial charge in [-0.05, 0) is 64.2 Å². The lowest BCUT2D eigenvalue weighted by Gasteiger charge is -2.15. The van der Waals surface area contributed by atoms with Crippen LogP contribution in [0.25, 0.3) is 28.1 Å². The topological polar surface area (TPSA) is 127 Å². The fourth-order valence-corrected chi connectivity index (χ4v) is 4.86. The Morgan fingerprint density at radius 3 is 2.75 bits per heavy atom. The smallest absolute Gasteiger partial charge is 0.252 e. The van der Waals surface area contributed by atoms with E-state index in [1.54, 1.807) is 27.6 Å². The van der Waals surface area contributed by atoms with E-state index in [-0.39, 0.29) is 11.6 Å². The summed E-state index contributed by atoms with van der Waals surface area (Å²) in [6.45, 7) is 0. The number of fused-ring (bicyclic) bond motifs is 1. The minimum Gasteiger partial charge on any atom is -0.411 e. The van der Waals surface area contributed by atoms with E-state index in [1.807, 2.05) is 42.5 Å². The maximum atomic E-state index is 13.4. The number of pyridine rings is 1. The van der Waals surface area contributed by atoms with E-state index in [1.165, 1.54) is 12.5 Å². The summed E-state index contributed by atoms with van der Waals surface area (Å²) in [5, 5.41) is 23.7. The number of tetrazole rings is 1. The number of hydrogen-bond acceptors (Lipinski definition) is 7. The lowest BCUT2D eigenvalue weighted by molar-refractivity contribution is 0.322. The predicted octanol–water partition coefficient (Wildman–Crippen LogP) is 3.88. The van der Waals surface area contributed by atoms with Crippen molar-refractivity contribution < 1.29 is 5.21 Å². The van der Waals surface area contributed by atoms with E-state index in [0.717, 1.165) is 58.0 Å². The number of hydrogen-bond donors (Lipinski definition) is 2. The van der Waals surface area contributed by atoms with Gasteiger partial charge in [0.05, 0.1) is 29.8 Å². The highest BCUT2D eigenvalue weighted by Gasteiger charge is 2.28. The Morgan fingerprint density at radius 1 is 1.11 bits per heavy atom. The fourth-order valence-electron chi connectivity index (χ4n) is 4.69. The molecule has 2 N–H and O–H groups in total. The molecule has 36 heavy (non-hydrogen) atoms. The van der Waals surface area contributed by atoms with Crippen LogP contribution < -0.4 is 5.56 Å². The number of aromatic nitrogens is 7. The number of nitrogens with zero attached hydrogens (tertiary/aromatic N) is 7. The average molecular weight is 499 g/mol. The standard InChI is InChI=1S/C25H19ClN8O2/c26-18-5-7-22(33-14-28-31-32-33)20(11-18)17-9-19-6-8-23(34(19)24(35)10-17)25-27-13-21(30-25)16-3-1-15(2-4-16)12-29-36/h1-5,7,9-14,23,36H,6,8H2,(H,27,30)/t23-/m0/s1. The zero-order valence-corrected chi connectivity index (χ0v) is 19.5. The maximum absolute atomic E-state index is 13.4. The van der Waals surface area contributed by atoms with E-state index in [2.05, 4.69) is 30.6 Å². The van der Waals surface area contributed by atoms with E-state index in [9.17, 15) is 4.79 Å². The molecule has 3 aromatic heterocycles. The second-order valence-corrected chi connectivity index (χ2v) is 8.90. The molecule has 0 spiro atoms. The molecule has 0 unspecified atom stereocenters. The Labute approximate surface area is 209 Å². The molecule has 4 heterocycles. The van der Waals surface area contributed by atoms with Crippen LogP contribution in [0.1, 0.15) is 29.5 Å². The van der Waals surface area contributed by atoms with Gasteiger partial charge in [0.2, 0.25) is 0 Å². The summed E-state index contributed by atoms with van der Waals surface area (Å²) in [7, 11) is 0. The Kier molecular flexibility index (Phi) is 5.42. The van der Waals surface area contributed by atoms with Crippen molar-refractivity contribution in [2.45, 2.75) is 18.9 Å². The second kappa shape index (κ2) is 8.90. The minimum absolute atomic E-state index is 0.113. The van der Waals surface area contributed by atoms with Crippen LogP contribution in [0.2, 0.25) is 5.02 Å². The number of benzene rings is 2. The number of oxime groups is 1. The Bertz CT molecular complexity index is 1640. The molecule has 1 atom stereocenters. The van der Waals surface area contributed by atoms with Crippen LogP contribution >= 0.6 is 11.6 Å². The van der Waals surface area contributed by atoms with Gasteiger partial charge < -0.3 is 14.8 Å². The molecule has 6 rings (SSSR count). The average Bonchev–Trinajstić information content (AvgIpc) is 3.65. The molecule has 2 aromatic carbocycles. The van der Waals surface area contributed by atoms with Crippen LogP contribution in [-0.4, -0.2) is 46.2 Å². The van der Waals surface area contributed by atoms with Crippen LogP contribution in [-0.2, 0) is 6.42 Å². The number of imidazole rings is 1. The highest BCUT2D eigenvalue weighted by atomic mass is 35.5. The van der Waals surface area contributed by atoms with Crippen molar-refractivity contribution in [2.75, 3.05) is 0 Å². The molecule has 0 saturated heterocycles. The van der Waals surface area contributed by atoms with Gasteiger partial charge in [-0.2, -0.15) is 4.68 Å². The van der Waals surface area contributed by atoms with Gasteiger partial charge in [0.25, 0.3) is 5.56 Å². The largest absolute Gasteiger partial charge is 0.411 e. The van der Waals surface area contributed by atoms with Crippen molar-refractivity contribution in [3.63, 3.8) is 0 Å².